The van der Waals surface area contributed by atoms with Gasteiger partial charge < -0.3 is 15.2 Å². The lowest BCUT2D eigenvalue weighted by Gasteiger charge is -2.10. The van der Waals surface area contributed by atoms with Crippen LogP contribution in [0.1, 0.15) is 40.4 Å². The minimum Gasteiger partial charge on any atom is -0.493 e. The zero-order chi connectivity index (χ0) is 21.8. The molecule has 0 aliphatic heterocycles. The molecule has 1 saturated carbocycles. The third-order valence-electron chi connectivity index (χ3n) is 4.91. The van der Waals surface area contributed by atoms with E-state index in [-0.39, 0.29) is 12.5 Å². The molecular formula is C23H22N4O4. The Bertz CT molecular complexity index is 1170. The highest BCUT2D eigenvalue weighted by atomic mass is 16.5. The van der Waals surface area contributed by atoms with Crippen LogP contribution in [0.4, 0.5) is 0 Å². The zero-order valence-corrected chi connectivity index (χ0v) is 17.0. The topological polar surface area (TPSA) is 116 Å². The summed E-state index contributed by atoms with van der Waals surface area (Å²) in [4.78, 5) is 28.5. The number of nitrogens with one attached hydrogen (secondary N) is 1. The van der Waals surface area contributed by atoms with Crippen LogP contribution in [-0.4, -0.2) is 36.7 Å². The van der Waals surface area contributed by atoms with Crippen molar-refractivity contribution in [2.24, 2.45) is 10.8 Å². The van der Waals surface area contributed by atoms with E-state index < -0.39 is 5.91 Å². The number of hydrazone groups is 1. The molecule has 0 radical (unpaired) electrons. The van der Waals surface area contributed by atoms with Gasteiger partial charge in [0.25, 0.3) is 11.8 Å². The van der Waals surface area contributed by atoms with Crippen LogP contribution < -0.4 is 20.6 Å². The van der Waals surface area contributed by atoms with Crippen molar-refractivity contribution in [2.45, 2.75) is 18.8 Å². The molecule has 4 rings (SSSR count). The minimum absolute atomic E-state index is 0.272. The molecule has 0 atom stereocenters. The zero-order valence-electron chi connectivity index (χ0n) is 17.0. The number of carbonyl (C=O) groups excluding carboxylic acids is 2. The van der Waals surface area contributed by atoms with Crippen LogP contribution in [0.5, 0.6) is 11.5 Å². The smallest absolute Gasteiger partial charge is 0.272 e. The lowest BCUT2D eigenvalue weighted by atomic mass is 10.1. The molecule has 8 heteroatoms. The lowest BCUT2D eigenvalue weighted by Crippen LogP contribution is -2.20. The van der Waals surface area contributed by atoms with E-state index in [0.717, 1.165) is 29.4 Å². The van der Waals surface area contributed by atoms with E-state index in [1.165, 1.54) is 13.3 Å². The van der Waals surface area contributed by atoms with Gasteiger partial charge in [0.1, 0.15) is 0 Å². The first-order chi connectivity index (χ1) is 15.0. The Labute approximate surface area is 179 Å². The summed E-state index contributed by atoms with van der Waals surface area (Å²) in [6.07, 6.45) is 3.68. The highest BCUT2D eigenvalue weighted by Gasteiger charge is 2.26. The summed E-state index contributed by atoms with van der Waals surface area (Å²) < 4.78 is 10.6. The molecule has 158 valence electrons. The molecule has 3 N–H and O–H groups in total. The number of hydrogen-bond acceptors (Lipinski definition) is 6. The second kappa shape index (κ2) is 8.83. The minimum atomic E-state index is -0.594. The number of pyridine rings is 1. The number of amides is 2. The summed E-state index contributed by atoms with van der Waals surface area (Å²) in [7, 11) is 1.50. The lowest BCUT2D eigenvalue weighted by molar-refractivity contribution is -0.119. The van der Waals surface area contributed by atoms with Gasteiger partial charge in [-0.25, -0.2) is 5.43 Å². The van der Waals surface area contributed by atoms with Crippen molar-refractivity contribution in [3.8, 4) is 11.5 Å². The van der Waals surface area contributed by atoms with Crippen molar-refractivity contribution in [1.29, 1.82) is 0 Å². The Hall–Kier alpha value is -3.94. The molecule has 1 aromatic heterocycles. The third kappa shape index (κ3) is 4.80. The number of primary amides is 1. The number of carbonyl (C=O) groups is 2. The number of fused-ring (bicyclic) bond motifs is 1. The number of benzene rings is 2. The first-order valence-electron chi connectivity index (χ1n) is 9.87. The Balaban J connectivity index is 1.52. The normalized spacial score (nSPS) is 13.3. The van der Waals surface area contributed by atoms with E-state index in [1.54, 1.807) is 18.2 Å². The van der Waals surface area contributed by atoms with Gasteiger partial charge in [-0.2, -0.15) is 5.10 Å². The summed E-state index contributed by atoms with van der Waals surface area (Å²) in [6, 6.07) is 14.5. The average Bonchev–Trinajstić information content (AvgIpc) is 3.62. The molecule has 0 spiro atoms. The Morgan fingerprint density at radius 2 is 2.00 bits per heavy atom. The van der Waals surface area contributed by atoms with Gasteiger partial charge in [0, 0.05) is 17.0 Å². The molecule has 1 aliphatic rings. The molecule has 3 aromatic rings. The summed E-state index contributed by atoms with van der Waals surface area (Å²) in [6.45, 7) is -0.272. The van der Waals surface area contributed by atoms with Gasteiger partial charge in [0.2, 0.25) is 0 Å². The Morgan fingerprint density at radius 1 is 1.19 bits per heavy atom. The van der Waals surface area contributed by atoms with E-state index in [1.807, 2.05) is 30.3 Å². The Morgan fingerprint density at radius 3 is 2.74 bits per heavy atom. The van der Waals surface area contributed by atoms with Crippen molar-refractivity contribution >= 4 is 28.9 Å². The fourth-order valence-electron chi connectivity index (χ4n) is 3.23. The van der Waals surface area contributed by atoms with Gasteiger partial charge in [-0.05, 0) is 48.7 Å². The van der Waals surface area contributed by atoms with Gasteiger partial charge >= 0.3 is 0 Å². The fraction of sp³-hybridized carbons (Fsp3) is 0.217. The maximum Gasteiger partial charge on any atom is 0.272 e. The van der Waals surface area contributed by atoms with Crippen molar-refractivity contribution in [1.82, 2.24) is 10.4 Å². The van der Waals surface area contributed by atoms with Crippen LogP contribution in [0.25, 0.3) is 10.9 Å². The van der Waals surface area contributed by atoms with Crippen molar-refractivity contribution in [3.63, 3.8) is 0 Å². The van der Waals surface area contributed by atoms with E-state index in [0.29, 0.717) is 28.5 Å². The maximum absolute atomic E-state index is 12.8. The molecule has 0 bridgehead atoms. The predicted octanol–water partition coefficient (Wildman–Crippen LogP) is 2.75. The number of methoxy groups -OCH3 is 1. The fourth-order valence-corrected chi connectivity index (χ4v) is 3.23. The number of para-hydroxylation sites is 1. The average molecular weight is 418 g/mol. The van der Waals surface area contributed by atoms with Crippen LogP contribution in [0.2, 0.25) is 0 Å². The van der Waals surface area contributed by atoms with E-state index in [2.05, 4.69) is 15.5 Å². The van der Waals surface area contributed by atoms with Crippen LogP contribution in [0, 0.1) is 0 Å². The van der Waals surface area contributed by atoms with Crippen molar-refractivity contribution < 1.29 is 19.1 Å². The van der Waals surface area contributed by atoms with Crippen LogP contribution in [0.3, 0.4) is 0 Å². The van der Waals surface area contributed by atoms with E-state index in [4.69, 9.17) is 15.2 Å². The molecule has 0 unspecified atom stereocenters. The van der Waals surface area contributed by atoms with Crippen LogP contribution in [-0.2, 0) is 4.79 Å². The molecule has 8 nitrogen and oxygen atoms in total. The van der Waals surface area contributed by atoms with E-state index >= 15 is 0 Å². The quantitative estimate of drug-likeness (QED) is 0.431. The molecule has 2 amide bonds. The first kappa shape index (κ1) is 20.3. The molecular weight excluding hydrogens is 396 g/mol. The first-order valence-corrected chi connectivity index (χ1v) is 9.87. The number of nitrogens with zero attached hydrogens (tertiary/aromatic N) is 2. The van der Waals surface area contributed by atoms with Gasteiger partial charge in [-0.15, -0.1) is 0 Å². The van der Waals surface area contributed by atoms with Crippen LogP contribution >= 0.6 is 0 Å². The summed E-state index contributed by atoms with van der Waals surface area (Å²) in [5, 5.41) is 4.86. The highest BCUT2D eigenvalue weighted by Crippen LogP contribution is 2.40. The van der Waals surface area contributed by atoms with Gasteiger partial charge in [-0.3, -0.25) is 14.6 Å². The van der Waals surface area contributed by atoms with Crippen LogP contribution in [0.15, 0.2) is 53.6 Å². The Kier molecular flexibility index (Phi) is 5.79. The molecule has 1 heterocycles. The number of ether oxygens (including phenoxy) is 2. The predicted molar refractivity (Wildman–Crippen MR) is 116 cm³/mol. The van der Waals surface area contributed by atoms with Gasteiger partial charge in [0.15, 0.2) is 18.1 Å². The summed E-state index contributed by atoms with van der Waals surface area (Å²) >= 11 is 0. The third-order valence-corrected chi connectivity index (χ3v) is 4.91. The molecule has 1 aliphatic carbocycles. The second-order valence-electron chi connectivity index (χ2n) is 7.25. The van der Waals surface area contributed by atoms with Crippen molar-refractivity contribution in [2.75, 3.05) is 13.7 Å². The van der Waals surface area contributed by atoms with E-state index in [9.17, 15) is 9.59 Å². The summed E-state index contributed by atoms with van der Waals surface area (Å²) in [5.41, 5.74) is 10.6. The molecule has 31 heavy (non-hydrogen) atoms. The SMILES string of the molecule is COc1ccc(/C=N\NC(=O)c2cc(C3CC3)nc3ccccc23)cc1OCC(N)=O. The van der Waals surface area contributed by atoms with Crippen molar-refractivity contribution in [3.05, 3.63) is 65.4 Å². The summed E-state index contributed by atoms with van der Waals surface area (Å²) in [5.74, 6) is 0.334. The number of nitrogens with two attached hydrogens (primary N) is 1. The molecule has 0 saturated heterocycles. The standard InChI is InChI=1S/C23H22N4O4/c1-30-20-9-6-14(10-21(20)31-13-22(24)28)12-25-27-23(29)17-11-19(15-7-8-15)26-18-5-3-2-4-16(17)18/h2-6,9-12,15H,7-8,13H2,1H3,(H2,24,28)(H,27,29)/b25-12-. The number of rotatable bonds is 8. The largest absolute Gasteiger partial charge is 0.493 e. The number of hydrogen-bond donors (Lipinski definition) is 2. The maximum atomic E-state index is 12.8. The molecule has 2 aromatic carbocycles. The number of aromatic nitrogens is 1. The van der Waals surface area contributed by atoms with Gasteiger partial charge in [0.05, 0.1) is 24.4 Å². The van der Waals surface area contributed by atoms with Gasteiger partial charge in [-0.1, -0.05) is 18.2 Å². The highest BCUT2D eigenvalue weighted by molar-refractivity contribution is 6.06. The monoisotopic (exact) mass is 418 g/mol. The molecule has 1 fully saturated rings. The second-order valence-corrected chi connectivity index (χ2v) is 7.25.